The molecule has 0 spiro atoms. The molecule has 4 nitrogen and oxygen atoms in total. The van der Waals surface area contributed by atoms with Crippen LogP contribution in [0.4, 0.5) is 11.4 Å². The molecule has 4 aliphatic rings. The number of anilines is 2. The molecule has 4 bridgehead atoms. The lowest BCUT2D eigenvalue weighted by Crippen LogP contribution is -2.43. The Hall–Kier alpha value is -2.56. The van der Waals surface area contributed by atoms with Crippen LogP contribution in [0.5, 0.6) is 23.0 Å². The molecule has 0 atom stereocenters. The Kier molecular flexibility index (Phi) is 5.54. The molecule has 176 valence electrons. The van der Waals surface area contributed by atoms with Crippen molar-refractivity contribution in [2.45, 2.75) is 38.0 Å². The quantitative estimate of drug-likeness (QED) is 0.350. The summed E-state index contributed by atoms with van der Waals surface area (Å²) in [5.41, 5.74) is 14.2. The predicted molar refractivity (Wildman–Crippen MR) is 138 cm³/mol. The molecule has 3 aromatic carbocycles. The molecule has 4 aliphatic carbocycles. The standard InChI is InChI=1S/C28H28Cl2N2O2/c29-23-4-1-20(13-25(23)31)33-19-3-6-27(34-21-2-5-24(30)26(32)14-21)22(12-19)28-17-8-15-7-16(10-17)11-18(28)9-15/h1-6,12-18,28H,7-11,31-32H2. The fourth-order valence-electron chi connectivity index (χ4n) is 6.81. The molecule has 4 saturated carbocycles. The van der Waals surface area contributed by atoms with E-state index in [1.165, 1.54) is 37.7 Å². The number of hydrogen-bond acceptors (Lipinski definition) is 4. The minimum atomic E-state index is 0.478. The van der Waals surface area contributed by atoms with Crippen LogP contribution in [0.15, 0.2) is 54.6 Å². The smallest absolute Gasteiger partial charge is 0.131 e. The largest absolute Gasteiger partial charge is 0.457 e. The molecule has 0 unspecified atom stereocenters. The van der Waals surface area contributed by atoms with Crippen molar-refractivity contribution in [2.75, 3.05) is 11.5 Å². The topological polar surface area (TPSA) is 70.5 Å². The third-order valence-corrected chi connectivity index (χ3v) is 8.65. The summed E-state index contributed by atoms with van der Waals surface area (Å²) < 4.78 is 12.6. The Labute approximate surface area is 210 Å². The minimum absolute atomic E-state index is 0.478. The Bertz CT molecular complexity index is 1220. The Morgan fingerprint density at radius 3 is 1.68 bits per heavy atom. The molecule has 4 fully saturated rings. The maximum absolute atomic E-state index is 6.41. The molecular weight excluding hydrogens is 467 g/mol. The molecule has 4 N–H and O–H groups in total. The van der Waals surface area contributed by atoms with E-state index >= 15 is 0 Å². The van der Waals surface area contributed by atoms with Gasteiger partial charge in [-0.3, -0.25) is 0 Å². The lowest BCUT2D eigenvalue weighted by Gasteiger charge is -2.54. The first-order valence-corrected chi connectivity index (χ1v) is 12.8. The van der Waals surface area contributed by atoms with Crippen molar-refractivity contribution >= 4 is 34.6 Å². The van der Waals surface area contributed by atoms with Crippen LogP contribution in [0, 0.1) is 23.7 Å². The van der Waals surface area contributed by atoms with Gasteiger partial charge in [-0.1, -0.05) is 23.2 Å². The van der Waals surface area contributed by atoms with Crippen LogP contribution in [-0.4, -0.2) is 0 Å². The highest BCUT2D eigenvalue weighted by Gasteiger charge is 2.49. The van der Waals surface area contributed by atoms with Crippen molar-refractivity contribution in [3.05, 3.63) is 70.2 Å². The highest BCUT2D eigenvalue weighted by Crippen LogP contribution is 2.61. The second-order valence-electron chi connectivity index (χ2n) is 10.2. The van der Waals surface area contributed by atoms with Crippen LogP contribution in [0.25, 0.3) is 0 Å². The van der Waals surface area contributed by atoms with Gasteiger partial charge in [0.1, 0.15) is 23.0 Å². The molecule has 0 aromatic heterocycles. The van der Waals surface area contributed by atoms with E-state index < -0.39 is 0 Å². The van der Waals surface area contributed by atoms with Crippen LogP contribution < -0.4 is 20.9 Å². The maximum Gasteiger partial charge on any atom is 0.131 e. The van der Waals surface area contributed by atoms with Crippen LogP contribution in [0.2, 0.25) is 10.0 Å². The lowest BCUT2D eigenvalue weighted by molar-refractivity contribution is -0.00339. The van der Waals surface area contributed by atoms with Gasteiger partial charge < -0.3 is 20.9 Å². The van der Waals surface area contributed by atoms with Crippen LogP contribution >= 0.6 is 23.2 Å². The summed E-state index contributed by atoms with van der Waals surface area (Å²) in [6.45, 7) is 0. The third-order valence-electron chi connectivity index (χ3n) is 7.97. The van der Waals surface area contributed by atoms with E-state index in [0.29, 0.717) is 50.7 Å². The summed E-state index contributed by atoms with van der Waals surface area (Å²) >= 11 is 12.2. The average Bonchev–Trinajstić information content (AvgIpc) is 2.79. The number of hydrogen-bond donors (Lipinski definition) is 2. The predicted octanol–water partition coefficient (Wildman–Crippen LogP) is 8.28. The van der Waals surface area contributed by atoms with Gasteiger partial charge in [0.15, 0.2) is 0 Å². The summed E-state index contributed by atoms with van der Waals surface area (Å²) in [6.07, 6.45) is 6.72. The summed E-state index contributed by atoms with van der Waals surface area (Å²) in [5, 5.41) is 1.05. The van der Waals surface area contributed by atoms with E-state index in [0.717, 1.165) is 23.3 Å². The first-order valence-electron chi connectivity index (χ1n) is 12.0. The number of rotatable bonds is 5. The first-order chi connectivity index (χ1) is 16.4. The SMILES string of the molecule is Nc1cc(Oc2ccc(Oc3ccc(Cl)c(N)c3)c(C3C4CC5CC(C4)CC3C5)c2)ccc1Cl. The zero-order valence-electron chi connectivity index (χ0n) is 18.8. The van der Waals surface area contributed by atoms with E-state index in [9.17, 15) is 0 Å². The molecular formula is C28H28Cl2N2O2. The first kappa shape index (κ1) is 21.9. The molecule has 0 aliphatic heterocycles. The fraction of sp³-hybridized carbons (Fsp3) is 0.357. The van der Waals surface area contributed by atoms with Crippen LogP contribution in [0.1, 0.15) is 43.6 Å². The van der Waals surface area contributed by atoms with Gasteiger partial charge >= 0.3 is 0 Å². The molecule has 0 saturated heterocycles. The van der Waals surface area contributed by atoms with Crippen molar-refractivity contribution in [1.29, 1.82) is 0 Å². The number of ether oxygens (including phenoxy) is 2. The molecule has 7 rings (SSSR count). The summed E-state index contributed by atoms with van der Waals surface area (Å²) in [6, 6.07) is 16.9. The molecule has 0 amide bonds. The van der Waals surface area contributed by atoms with E-state index in [1.54, 1.807) is 24.3 Å². The van der Waals surface area contributed by atoms with Crippen molar-refractivity contribution in [2.24, 2.45) is 23.7 Å². The second kappa shape index (κ2) is 8.58. The van der Waals surface area contributed by atoms with Gasteiger partial charge in [0, 0.05) is 17.7 Å². The zero-order chi connectivity index (χ0) is 23.4. The van der Waals surface area contributed by atoms with Crippen LogP contribution in [-0.2, 0) is 0 Å². The molecule has 3 aromatic rings. The van der Waals surface area contributed by atoms with Gasteiger partial charge in [0.05, 0.1) is 21.4 Å². The maximum atomic E-state index is 6.41. The molecule has 0 radical (unpaired) electrons. The summed E-state index contributed by atoms with van der Waals surface area (Å²) in [7, 11) is 0. The van der Waals surface area contributed by atoms with Gasteiger partial charge in [0.2, 0.25) is 0 Å². The highest BCUT2D eigenvalue weighted by molar-refractivity contribution is 6.33. The average molecular weight is 495 g/mol. The second-order valence-corrected chi connectivity index (χ2v) is 11.0. The summed E-state index contributed by atoms with van der Waals surface area (Å²) in [4.78, 5) is 0. The van der Waals surface area contributed by atoms with Crippen molar-refractivity contribution in [1.82, 2.24) is 0 Å². The lowest BCUT2D eigenvalue weighted by atomic mass is 9.50. The normalized spacial score (nSPS) is 27.1. The third kappa shape index (κ3) is 4.08. The van der Waals surface area contributed by atoms with E-state index in [4.69, 9.17) is 44.1 Å². The highest BCUT2D eigenvalue weighted by atomic mass is 35.5. The van der Waals surface area contributed by atoms with Gasteiger partial charge in [-0.2, -0.15) is 0 Å². The van der Waals surface area contributed by atoms with Gasteiger partial charge in [0.25, 0.3) is 0 Å². The zero-order valence-corrected chi connectivity index (χ0v) is 20.4. The van der Waals surface area contributed by atoms with Crippen molar-refractivity contribution < 1.29 is 9.47 Å². The number of halogens is 2. The Balaban J connectivity index is 1.37. The summed E-state index contributed by atoms with van der Waals surface area (Å²) in [5.74, 6) is 6.67. The van der Waals surface area contributed by atoms with E-state index in [-0.39, 0.29) is 0 Å². The molecule has 0 heterocycles. The molecule has 6 heteroatoms. The molecule has 34 heavy (non-hydrogen) atoms. The van der Waals surface area contributed by atoms with Gasteiger partial charge in [-0.05, 0) is 104 Å². The number of nitrogens with two attached hydrogens (primary N) is 2. The van der Waals surface area contributed by atoms with Crippen molar-refractivity contribution in [3.63, 3.8) is 0 Å². The minimum Gasteiger partial charge on any atom is -0.457 e. The number of nitrogen functional groups attached to an aromatic ring is 2. The van der Waals surface area contributed by atoms with Crippen LogP contribution in [0.3, 0.4) is 0 Å². The Morgan fingerprint density at radius 1 is 0.618 bits per heavy atom. The van der Waals surface area contributed by atoms with Gasteiger partial charge in [-0.25, -0.2) is 0 Å². The van der Waals surface area contributed by atoms with Gasteiger partial charge in [-0.15, -0.1) is 0 Å². The monoisotopic (exact) mass is 494 g/mol. The fourth-order valence-corrected chi connectivity index (χ4v) is 7.05. The number of benzene rings is 3. The Morgan fingerprint density at radius 2 is 1.12 bits per heavy atom. The van der Waals surface area contributed by atoms with Crippen molar-refractivity contribution in [3.8, 4) is 23.0 Å². The van der Waals surface area contributed by atoms with E-state index in [2.05, 4.69) is 6.07 Å². The van der Waals surface area contributed by atoms with E-state index in [1.807, 2.05) is 24.3 Å².